The van der Waals surface area contributed by atoms with Crippen molar-refractivity contribution in [3.63, 3.8) is 0 Å². The van der Waals surface area contributed by atoms with E-state index in [4.69, 9.17) is 15.5 Å². The number of carbonyl (C=O) groups excluding carboxylic acids is 1. The van der Waals surface area contributed by atoms with Crippen LogP contribution in [-0.4, -0.2) is 23.0 Å². The van der Waals surface area contributed by atoms with Crippen molar-refractivity contribution in [3.05, 3.63) is 89.4 Å². The van der Waals surface area contributed by atoms with Crippen LogP contribution in [0.2, 0.25) is 0 Å². The van der Waals surface area contributed by atoms with Gasteiger partial charge in [-0.25, -0.2) is 9.97 Å². The summed E-state index contributed by atoms with van der Waals surface area (Å²) in [7, 11) is 1.58. The Morgan fingerprint density at radius 3 is 2.35 bits per heavy atom. The van der Waals surface area contributed by atoms with Crippen molar-refractivity contribution in [1.82, 2.24) is 9.97 Å². The van der Waals surface area contributed by atoms with E-state index in [1.807, 2.05) is 60.7 Å². The third-order valence-corrected chi connectivity index (χ3v) is 6.81. The van der Waals surface area contributed by atoms with E-state index in [1.54, 1.807) is 7.11 Å². The first kappa shape index (κ1) is 24.3. The average Bonchev–Trinajstić information content (AvgIpc) is 3.25. The molecule has 0 aliphatic rings. The fraction of sp³-hybridized carbons (Fsp3) is 0.0741. The Bertz CT molecular complexity index is 1580. The molecule has 2 aromatic carbocycles. The molecule has 0 fully saturated rings. The van der Waals surface area contributed by atoms with Crippen LogP contribution in [0.25, 0.3) is 32.6 Å². The Kier molecular flexibility index (Phi) is 6.26. The summed E-state index contributed by atoms with van der Waals surface area (Å²) in [5, 5.41) is 3.14. The summed E-state index contributed by atoms with van der Waals surface area (Å²) in [6.07, 6.45) is -3.86. The summed E-state index contributed by atoms with van der Waals surface area (Å²) in [5.41, 5.74) is 9.03. The average molecular weight is 521 g/mol. The number of pyridine rings is 2. The van der Waals surface area contributed by atoms with Crippen molar-refractivity contribution in [2.45, 2.75) is 6.18 Å². The van der Waals surface area contributed by atoms with E-state index in [9.17, 15) is 18.0 Å². The van der Waals surface area contributed by atoms with Crippen LogP contribution in [-0.2, 0) is 6.18 Å². The van der Waals surface area contributed by atoms with Gasteiger partial charge in [0.15, 0.2) is 0 Å². The molecule has 10 heteroatoms. The normalized spacial score (nSPS) is 11.5. The molecule has 0 unspecified atom stereocenters. The van der Waals surface area contributed by atoms with E-state index in [0.717, 1.165) is 40.2 Å². The maximum atomic E-state index is 13.1. The van der Waals surface area contributed by atoms with Gasteiger partial charge >= 0.3 is 6.18 Å². The van der Waals surface area contributed by atoms with Crippen LogP contribution >= 0.6 is 11.3 Å². The Balaban J connectivity index is 1.59. The number of rotatable bonds is 5. The summed E-state index contributed by atoms with van der Waals surface area (Å²) < 4.78 is 43.8. The minimum atomic E-state index is -4.52. The van der Waals surface area contributed by atoms with Gasteiger partial charge in [0.1, 0.15) is 21.3 Å². The molecule has 3 heterocycles. The van der Waals surface area contributed by atoms with Crippen molar-refractivity contribution < 1.29 is 22.7 Å². The van der Waals surface area contributed by atoms with Gasteiger partial charge in [-0.3, -0.25) is 4.79 Å². The van der Waals surface area contributed by atoms with Crippen LogP contribution in [0.4, 0.5) is 24.7 Å². The fourth-order valence-electron chi connectivity index (χ4n) is 3.85. The van der Waals surface area contributed by atoms with Crippen LogP contribution in [0.1, 0.15) is 15.2 Å². The lowest BCUT2D eigenvalue weighted by molar-refractivity contribution is -0.137. The number of nitrogens with one attached hydrogen (secondary N) is 1. The third-order valence-electron chi connectivity index (χ3n) is 5.71. The van der Waals surface area contributed by atoms with Crippen LogP contribution in [0.5, 0.6) is 5.75 Å². The van der Waals surface area contributed by atoms with Crippen molar-refractivity contribution >= 4 is 39.0 Å². The summed E-state index contributed by atoms with van der Waals surface area (Å²) in [6.45, 7) is 0. The third kappa shape index (κ3) is 4.83. The molecule has 5 aromatic rings. The Morgan fingerprint density at radius 2 is 1.73 bits per heavy atom. The monoisotopic (exact) mass is 520 g/mol. The van der Waals surface area contributed by atoms with Gasteiger partial charge in [-0.15, -0.1) is 11.3 Å². The van der Waals surface area contributed by atoms with Crippen molar-refractivity contribution in [3.8, 4) is 28.1 Å². The lowest BCUT2D eigenvalue weighted by Crippen LogP contribution is -2.14. The number of methoxy groups -OCH3 is 1. The van der Waals surface area contributed by atoms with E-state index in [1.165, 1.54) is 0 Å². The summed E-state index contributed by atoms with van der Waals surface area (Å²) in [6, 6.07) is 20.9. The molecule has 3 N–H and O–H groups in total. The second-order valence-corrected chi connectivity index (χ2v) is 9.06. The number of alkyl halides is 3. The molecular formula is C27H19F3N4O2S. The van der Waals surface area contributed by atoms with E-state index in [2.05, 4.69) is 10.3 Å². The summed E-state index contributed by atoms with van der Waals surface area (Å²) >= 11 is 1.10. The number of nitrogens with two attached hydrogens (primary N) is 1. The first-order valence-corrected chi connectivity index (χ1v) is 11.8. The summed E-state index contributed by atoms with van der Waals surface area (Å²) in [5.74, 6) is 0.0811. The molecule has 0 saturated carbocycles. The Labute approximate surface area is 213 Å². The minimum Gasteiger partial charge on any atom is -0.497 e. The van der Waals surface area contributed by atoms with Crippen molar-refractivity contribution in [2.75, 3.05) is 18.2 Å². The molecule has 37 heavy (non-hydrogen) atoms. The Morgan fingerprint density at radius 1 is 1.00 bits per heavy atom. The molecule has 6 nitrogen and oxygen atoms in total. The number of nitrogen functional groups attached to an aromatic ring is 1. The van der Waals surface area contributed by atoms with E-state index >= 15 is 0 Å². The Hall–Kier alpha value is -4.44. The predicted octanol–water partition coefficient (Wildman–Crippen LogP) is 6.89. The van der Waals surface area contributed by atoms with Gasteiger partial charge in [-0.05, 0) is 41.5 Å². The quantitative estimate of drug-likeness (QED) is 0.263. The highest BCUT2D eigenvalue weighted by Crippen LogP contribution is 2.42. The van der Waals surface area contributed by atoms with Gasteiger partial charge < -0.3 is 15.8 Å². The molecule has 0 atom stereocenters. The number of amides is 1. The molecule has 0 saturated heterocycles. The van der Waals surface area contributed by atoms with Crippen LogP contribution in [0, 0.1) is 0 Å². The highest BCUT2D eigenvalue weighted by atomic mass is 32.1. The first-order valence-electron chi connectivity index (χ1n) is 11.0. The van der Waals surface area contributed by atoms with Gasteiger partial charge in [0.05, 0.1) is 24.1 Å². The lowest BCUT2D eigenvalue weighted by atomic mass is 9.99. The standard InChI is InChI=1S/C27H19F3N4O2S/c1-36-18-10-7-15(8-11-18)19-13-20(16-5-3-2-4-6-16)33-26-22(19)23(31)24(37-26)25(35)34-21-12-9-17(14-32-21)27(28,29)30/h2-14H,31H2,1H3,(H,32,34,35). The fourth-order valence-corrected chi connectivity index (χ4v) is 4.87. The van der Waals surface area contributed by atoms with E-state index in [0.29, 0.717) is 27.9 Å². The molecule has 1 amide bonds. The molecule has 0 spiro atoms. The number of hydrogen-bond donors (Lipinski definition) is 2. The SMILES string of the molecule is COc1ccc(-c2cc(-c3ccccc3)nc3sc(C(=O)Nc4ccc(C(F)(F)F)cn4)c(N)c23)cc1. The zero-order chi connectivity index (χ0) is 26.2. The molecule has 0 aliphatic carbocycles. The molecular weight excluding hydrogens is 501 g/mol. The molecule has 0 radical (unpaired) electrons. The largest absolute Gasteiger partial charge is 0.497 e. The van der Waals surface area contributed by atoms with Crippen LogP contribution < -0.4 is 15.8 Å². The zero-order valence-electron chi connectivity index (χ0n) is 19.3. The zero-order valence-corrected chi connectivity index (χ0v) is 20.2. The van der Waals surface area contributed by atoms with E-state index in [-0.39, 0.29) is 16.4 Å². The minimum absolute atomic E-state index is 0.0248. The summed E-state index contributed by atoms with van der Waals surface area (Å²) in [4.78, 5) is 22.3. The van der Waals surface area contributed by atoms with Crippen molar-refractivity contribution in [2.24, 2.45) is 0 Å². The predicted molar refractivity (Wildman–Crippen MR) is 139 cm³/mol. The number of anilines is 2. The highest BCUT2D eigenvalue weighted by molar-refractivity contribution is 7.21. The highest BCUT2D eigenvalue weighted by Gasteiger charge is 2.31. The second kappa shape index (κ2) is 9.55. The maximum absolute atomic E-state index is 13.1. The van der Waals surface area contributed by atoms with Crippen LogP contribution in [0.15, 0.2) is 79.0 Å². The number of thiophene rings is 1. The number of fused-ring (bicyclic) bond motifs is 1. The van der Waals surface area contributed by atoms with E-state index < -0.39 is 17.6 Å². The second-order valence-electron chi connectivity index (χ2n) is 8.06. The lowest BCUT2D eigenvalue weighted by Gasteiger charge is -2.10. The number of halogens is 3. The van der Waals surface area contributed by atoms with Gasteiger partial charge in [0.2, 0.25) is 0 Å². The molecule has 3 aromatic heterocycles. The number of ether oxygens (including phenoxy) is 1. The molecule has 0 bridgehead atoms. The smallest absolute Gasteiger partial charge is 0.417 e. The number of benzene rings is 2. The van der Waals surface area contributed by atoms with Gasteiger partial charge in [-0.2, -0.15) is 13.2 Å². The topological polar surface area (TPSA) is 90.1 Å². The number of aromatic nitrogens is 2. The van der Waals surface area contributed by atoms with Gasteiger partial charge in [0.25, 0.3) is 5.91 Å². The number of carbonyl (C=O) groups is 1. The first-order chi connectivity index (χ1) is 17.7. The number of hydrogen-bond acceptors (Lipinski definition) is 6. The van der Waals surface area contributed by atoms with Crippen LogP contribution in [0.3, 0.4) is 0 Å². The molecule has 186 valence electrons. The van der Waals surface area contributed by atoms with Crippen molar-refractivity contribution in [1.29, 1.82) is 0 Å². The number of nitrogens with zero attached hydrogens (tertiary/aromatic N) is 2. The molecule has 0 aliphatic heterocycles. The molecule has 5 rings (SSSR count). The van der Waals surface area contributed by atoms with Gasteiger partial charge in [0, 0.05) is 17.1 Å². The van der Waals surface area contributed by atoms with Gasteiger partial charge in [-0.1, -0.05) is 42.5 Å². The maximum Gasteiger partial charge on any atom is 0.417 e.